The van der Waals surface area contributed by atoms with Gasteiger partial charge in [-0.15, -0.1) is 0 Å². The lowest BCUT2D eigenvalue weighted by molar-refractivity contribution is -0.117. The minimum atomic E-state index is -0.370. The van der Waals surface area contributed by atoms with Gasteiger partial charge in [-0.25, -0.2) is 0 Å². The number of hydrogen-bond donors (Lipinski definition) is 2. The predicted octanol–water partition coefficient (Wildman–Crippen LogP) is 3.37. The molecule has 2 aromatic rings. The van der Waals surface area contributed by atoms with Gasteiger partial charge in [-0.2, -0.15) is 0 Å². The summed E-state index contributed by atoms with van der Waals surface area (Å²) in [5, 5.41) is 9.76. The van der Waals surface area contributed by atoms with Crippen LogP contribution in [0.4, 0.5) is 11.5 Å². The molecule has 1 aliphatic rings. The Morgan fingerprint density at radius 1 is 1.38 bits per heavy atom. The number of nitrogens with zero attached hydrogens (tertiary/aromatic N) is 1. The number of rotatable bonds is 8. The first-order valence-electron chi connectivity index (χ1n) is 8.99. The van der Waals surface area contributed by atoms with Gasteiger partial charge in [0.05, 0.1) is 6.10 Å². The molecule has 2 heterocycles. The van der Waals surface area contributed by atoms with Crippen LogP contribution in [0.2, 0.25) is 0 Å². The van der Waals surface area contributed by atoms with Gasteiger partial charge in [0, 0.05) is 18.4 Å². The van der Waals surface area contributed by atoms with E-state index in [-0.39, 0.29) is 18.1 Å². The highest BCUT2D eigenvalue weighted by Gasteiger charge is 2.18. The molecule has 0 saturated carbocycles. The summed E-state index contributed by atoms with van der Waals surface area (Å²) in [5.74, 6) is 1.71. The monoisotopic (exact) mass is 359 g/mol. The molecule has 0 aliphatic carbocycles. The predicted molar refractivity (Wildman–Crippen MR) is 98.5 cm³/mol. The molecule has 0 radical (unpaired) electrons. The van der Waals surface area contributed by atoms with Crippen molar-refractivity contribution in [3.05, 3.63) is 36.1 Å². The molecule has 1 amide bonds. The third kappa shape index (κ3) is 4.98. The largest absolute Gasteiger partial charge is 0.491 e. The average molecular weight is 359 g/mol. The zero-order chi connectivity index (χ0) is 18.4. The fourth-order valence-corrected chi connectivity index (χ4v) is 2.81. The maximum Gasteiger partial charge on any atom is 0.248 e. The third-order valence-electron chi connectivity index (χ3n) is 4.26. The Bertz CT molecular complexity index is 708. The number of aromatic nitrogens is 1. The quantitative estimate of drug-likeness (QED) is 0.752. The molecular weight excluding hydrogens is 334 g/mol. The van der Waals surface area contributed by atoms with Crippen LogP contribution in [0.5, 0.6) is 5.75 Å². The standard InChI is InChI=1S/C19H25N3O4/c1-3-17(19(23)21-18-11-13(2)26-22-18)20-14-6-8-15(9-7-14)25-12-16-5-4-10-24-16/h6-9,11,16-17,20H,3-5,10,12H2,1-2H3,(H,21,22,23)/t16-,17+/m0/s1. The summed E-state index contributed by atoms with van der Waals surface area (Å²) in [6, 6.07) is 8.91. The summed E-state index contributed by atoms with van der Waals surface area (Å²) in [7, 11) is 0. The molecule has 2 N–H and O–H groups in total. The van der Waals surface area contributed by atoms with Crippen molar-refractivity contribution in [3.63, 3.8) is 0 Å². The Balaban J connectivity index is 1.51. The second-order valence-electron chi connectivity index (χ2n) is 6.39. The number of ether oxygens (including phenoxy) is 2. The van der Waals surface area contributed by atoms with Gasteiger partial charge in [0.2, 0.25) is 5.91 Å². The van der Waals surface area contributed by atoms with Crippen molar-refractivity contribution < 1.29 is 18.8 Å². The van der Waals surface area contributed by atoms with Crippen LogP contribution in [0.1, 0.15) is 31.9 Å². The SMILES string of the molecule is CC[C@@H](Nc1ccc(OC[C@@H]2CCCO2)cc1)C(=O)Nc1cc(C)on1. The zero-order valence-corrected chi connectivity index (χ0v) is 15.2. The molecule has 0 spiro atoms. The van der Waals surface area contributed by atoms with Gasteiger partial charge in [-0.1, -0.05) is 12.1 Å². The van der Waals surface area contributed by atoms with Crippen LogP contribution >= 0.6 is 0 Å². The van der Waals surface area contributed by atoms with Gasteiger partial charge in [0.25, 0.3) is 0 Å². The Morgan fingerprint density at radius 3 is 2.81 bits per heavy atom. The van der Waals surface area contributed by atoms with E-state index in [0.717, 1.165) is 30.9 Å². The lowest BCUT2D eigenvalue weighted by Gasteiger charge is -2.17. The first kappa shape index (κ1) is 18.3. The van der Waals surface area contributed by atoms with Crippen molar-refractivity contribution in [2.75, 3.05) is 23.8 Å². The van der Waals surface area contributed by atoms with Crippen molar-refractivity contribution in [1.82, 2.24) is 5.16 Å². The highest BCUT2D eigenvalue weighted by molar-refractivity contribution is 5.95. The van der Waals surface area contributed by atoms with E-state index < -0.39 is 0 Å². The molecule has 7 nitrogen and oxygen atoms in total. The lowest BCUT2D eigenvalue weighted by Crippen LogP contribution is -2.34. The van der Waals surface area contributed by atoms with Gasteiger partial charge in [0.1, 0.15) is 24.2 Å². The highest BCUT2D eigenvalue weighted by Crippen LogP contribution is 2.19. The van der Waals surface area contributed by atoms with E-state index in [9.17, 15) is 4.79 Å². The normalized spacial score (nSPS) is 17.7. The van der Waals surface area contributed by atoms with Gasteiger partial charge in [-0.05, 0) is 50.5 Å². The van der Waals surface area contributed by atoms with Crippen molar-refractivity contribution >= 4 is 17.4 Å². The minimum Gasteiger partial charge on any atom is -0.491 e. The molecule has 1 fully saturated rings. The Hall–Kier alpha value is -2.54. The maximum atomic E-state index is 12.4. The van der Waals surface area contributed by atoms with E-state index in [1.807, 2.05) is 31.2 Å². The van der Waals surface area contributed by atoms with Crippen LogP contribution in [-0.2, 0) is 9.53 Å². The van der Waals surface area contributed by atoms with Crippen molar-refractivity contribution in [2.45, 2.75) is 45.3 Å². The average Bonchev–Trinajstić information content (AvgIpc) is 3.30. The Labute approximate surface area is 153 Å². The number of benzene rings is 1. The van der Waals surface area contributed by atoms with Crippen LogP contribution in [0.25, 0.3) is 0 Å². The van der Waals surface area contributed by atoms with Crippen LogP contribution < -0.4 is 15.4 Å². The van der Waals surface area contributed by atoms with Gasteiger partial charge in [0.15, 0.2) is 5.82 Å². The van der Waals surface area contributed by atoms with Crippen LogP contribution in [0, 0.1) is 6.92 Å². The van der Waals surface area contributed by atoms with Crippen molar-refractivity contribution in [2.24, 2.45) is 0 Å². The van der Waals surface area contributed by atoms with E-state index >= 15 is 0 Å². The Kier molecular flexibility index (Phi) is 6.12. The lowest BCUT2D eigenvalue weighted by atomic mass is 10.2. The Morgan fingerprint density at radius 2 is 2.19 bits per heavy atom. The number of aryl methyl sites for hydroxylation is 1. The van der Waals surface area contributed by atoms with Gasteiger partial charge < -0.3 is 24.6 Å². The summed E-state index contributed by atoms with van der Waals surface area (Å²) < 4.78 is 16.3. The molecule has 26 heavy (non-hydrogen) atoms. The molecule has 0 bridgehead atoms. The molecule has 0 unspecified atom stereocenters. The molecule has 1 aliphatic heterocycles. The maximum absolute atomic E-state index is 12.4. The van der Waals surface area contributed by atoms with Crippen molar-refractivity contribution in [1.29, 1.82) is 0 Å². The minimum absolute atomic E-state index is 0.153. The molecule has 1 saturated heterocycles. The fraction of sp³-hybridized carbons (Fsp3) is 0.474. The van der Waals surface area contributed by atoms with Crippen LogP contribution in [0.3, 0.4) is 0 Å². The van der Waals surface area contributed by atoms with E-state index in [1.54, 1.807) is 13.0 Å². The van der Waals surface area contributed by atoms with Gasteiger partial charge >= 0.3 is 0 Å². The molecular formula is C19H25N3O4. The second kappa shape index (κ2) is 8.71. The number of anilines is 2. The van der Waals surface area contributed by atoms with E-state index in [1.165, 1.54) is 0 Å². The number of hydrogen-bond acceptors (Lipinski definition) is 6. The van der Waals surface area contributed by atoms with Crippen LogP contribution in [0.15, 0.2) is 34.9 Å². The summed E-state index contributed by atoms with van der Waals surface area (Å²) >= 11 is 0. The summed E-state index contributed by atoms with van der Waals surface area (Å²) in [4.78, 5) is 12.4. The molecule has 140 valence electrons. The first-order valence-corrected chi connectivity index (χ1v) is 8.99. The van der Waals surface area contributed by atoms with Crippen LogP contribution in [-0.4, -0.2) is 36.4 Å². The molecule has 7 heteroatoms. The fourth-order valence-electron chi connectivity index (χ4n) is 2.81. The van der Waals surface area contributed by atoms with E-state index in [2.05, 4.69) is 15.8 Å². The highest BCUT2D eigenvalue weighted by atomic mass is 16.5. The number of nitrogens with one attached hydrogen (secondary N) is 2. The summed E-state index contributed by atoms with van der Waals surface area (Å²) in [6.45, 7) is 5.13. The summed E-state index contributed by atoms with van der Waals surface area (Å²) in [6.07, 6.45) is 2.99. The summed E-state index contributed by atoms with van der Waals surface area (Å²) in [5.41, 5.74) is 0.854. The topological polar surface area (TPSA) is 85.6 Å². The smallest absolute Gasteiger partial charge is 0.248 e. The van der Waals surface area contributed by atoms with E-state index in [4.69, 9.17) is 14.0 Å². The zero-order valence-electron chi connectivity index (χ0n) is 15.2. The molecule has 1 aromatic carbocycles. The van der Waals surface area contributed by atoms with Crippen molar-refractivity contribution in [3.8, 4) is 5.75 Å². The number of carbonyl (C=O) groups is 1. The second-order valence-corrected chi connectivity index (χ2v) is 6.39. The third-order valence-corrected chi connectivity index (χ3v) is 4.26. The number of amides is 1. The van der Waals surface area contributed by atoms with Gasteiger partial charge in [-0.3, -0.25) is 4.79 Å². The molecule has 3 rings (SSSR count). The molecule has 1 aromatic heterocycles. The van der Waals surface area contributed by atoms with E-state index in [0.29, 0.717) is 24.6 Å². The number of carbonyl (C=O) groups excluding carboxylic acids is 1. The molecule has 2 atom stereocenters. The first-order chi connectivity index (χ1) is 12.6.